The van der Waals surface area contributed by atoms with Crippen molar-refractivity contribution in [3.05, 3.63) is 11.9 Å². The summed E-state index contributed by atoms with van der Waals surface area (Å²) in [7, 11) is -3.33. The second-order valence-electron chi connectivity index (χ2n) is 5.13. The Morgan fingerprint density at radius 3 is 2.53 bits per heavy atom. The fraction of sp³-hybridized carbons (Fsp3) is 0.727. The van der Waals surface area contributed by atoms with Gasteiger partial charge in [-0.1, -0.05) is 6.42 Å². The largest absolute Gasteiger partial charge is 0.281 e. The van der Waals surface area contributed by atoms with E-state index in [-0.39, 0.29) is 0 Å². The average Bonchev–Trinajstić information content (AvgIpc) is 2.89. The van der Waals surface area contributed by atoms with Crippen LogP contribution < -0.4 is 0 Å². The summed E-state index contributed by atoms with van der Waals surface area (Å²) in [6.45, 7) is 3.13. The summed E-state index contributed by atoms with van der Waals surface area (Å²) in [5, 5.41) is 6.49. The smallest absolute Gasteiger partial charge is 0.246 e. The van der Waals surface area contributed by atoms with E-state index in [1.54, 1.807) is 11.2 Å². The predicted molar refractivity (Wildman–Crippen MR) is 62.9 cm³/mol. The maximum Gasteiger partial charge on any atom is 0.246 e. The van der Waals surface area contributed by atoms with Crippen LogP contribution in [0, 0.1) is 18.8 Å². The number of fused-ring (bicyclic) bond motifs is 1. The van der Waals surface area contributed by atoms with Gasteiger partial charge in [0.1, 0.15) is 4.90 Å². The Labute approximate surface area is 101 Å². The molecule has 1 aliphatic heterocycles. The molecule has 1 N–H and O–H groups in total. The van der Waals surface area contributed by atoms with Crippen molar-refractivity contribution in [2.45, 2.75) is 31.1 Å². The molecule has 1 aromatic rings. The lowest BCUT2D eigenvalue weighted by Gasteiger charge is -2.16. The number of aryl methyl sites for hydroxylation is 1. The molecule has 1 saturated carbocycles. The zero-order valence-corrected chi connectivity index (χ0v) is 10.7. The third-order valence-electron chi connectivity index (χ3n) is 4.09. The molecule has 1 aliphatic carbocycles. The van der Waals surface area contributed by atoms with Gasteiger partial charge in [0.05, 0.1) is 11.9 Å². The zero-order valence-electron chi connectivity index (χ0n) is 9.89. The third-order valence-corrected chi connectivity index (χ3v) is 6.04. The van der Waals surface area contributed by atoms with E-state index in [1.165, 1.54) is 25.5 Å². The summed E-state index contributed by atoms with van der Waals surface area (Å²) >= 11 is 0. The summed E-state index contributed by atoms with van der Waals surface area (Å²) < 4.78 is 26.5. The Hall–Kier alpha value is -0.880. The lowest BCUT2D eigenvalue weighted by Crippen LogP contribution is -2.29. The normalized spacial score (nSPS) is 29.7. The number of H-pyrrole nitrogens is 1. The molecule has 94 valence electrons. The van der Waals surface area contributed by atoms with Gasteiger partial charge >= 0.3 is 0 Å². The maximum atomic E-state index is 12.4. The minimum absolute atomic E-state index is 0.331. The van der Waals surface area contributed by atoms with Crippen LogP contribution in [0.4, 0.5) is 0 Å². The van der Waals surface area contributed by atoms with E-state index in [1.807, 2.05) is 0 Å². The molecule has 0 bridgehead atoms. The molecule has 1 saturated heterocycles. The van der Waals surface area contributed by atoms with Gasteiger partial charge in [-0.15, -0.1) is 0 Å². The van der Waals surface area contributed by atoms with Crippen LogP contribution >= 0.6 is 0 Å². The Morgan fingerprint density at radius 2 is 2.00 bits per heavy atom. The first kappa shape index (κ1) is 11.2. The monoisotopic (exact) mass is 255 g/mol. The molecule has 17 heavy (non-hydrogen) atoms. The van der Waals surface area contributed by atoms with Crippen LogP contribution in [-0.2, 0) is 10.0 Å². The molecular formula is C11H17N3O2S. The summed E-state index contributed by atoms with van der Waals surface area (Å²) in [4.78, 5) is 0.331. The average molecular weight is 255 g/mol. The van der Waals surface area contributed by atoms with Crippen LogP contribution in [0.25, 0.3) is 0 Å². The fourth-order valence-electron chi connectivity index (χ4n) is 3.13. The molecule has 0 amide bonds. The highest BCUT2D eigenvalue weighted by molar-refractivity contribution is 7.89. The number of hydrogen-bond donors (Lipinski definition) is 1. The highest BCUT2D eigenvalue weighted by atomic mass is 32.2. The molecule has 2 atom stereocenters. The van der Waals surface area contributed by atoms with E-state index >= 15 is 0 Å². The molecule has 0 aromatic carbocycles. The van der Waals surface area contributed by atoms with Gasteiger partial charge in [-0.2, -0.15) is 9.40 Å². The van der Waals surface area contributed by atoms with Crippen LogP contribution in [0.15, 0.2) is 11.1 Å². The molecule has 0 spiro atoms. The van der Waals surface area contributed by atoms with E-state index in [0.29, 0.717) is 35.5 Å². The number of rotatable bonds is 2. The third kappa shape index (κ3) is 1.70. The Bertz CT molecular complexity index is 511. The standard InChI is InChI=1S/C11H17N3O2S/c1-8-11(5-12-13-8)17(15,16)14-6-9-3-2-4-10(9)7-14/h5,9-10H,2-4,6-7H2,1H3,(H,12,13). The first-order valence-electron chi connectivity index (χ1n) is 6.09. The summed E-state index contributed by atoms with van der Waals surface area (Å²) in [6.07, 6.45) is 5.04. The molecular weight excluding hydrogens is 238 g/mol. The van der Waals surface area contributed by atoms with E-state index < -0.39 is 10.0 Å². The zero-order chi connectivity index (χ0) is 12.0. The van der Waals surface area contributed by atoms with E-state index in [0.717, 1.165) is 0 Å². The van der Waals surface area contributed by atoms with Crippen molar-refractivity contribution in [2.75, 3.05) is 13.1 Å². The van der Waals surface area contributed by atoms with Crippen LogP contribution in [0.5, 0.6) is 0 Å². The molecule has 5 nitrogen and oxygen atoms in total. The Kier molecular flexibility index (Phi) is 2.52. The molecule has 6 heteroatoms. The van der Waals surface area contributed by atoms with Crippen molar-refractivity contribution in [1.82, 2.24) is 14.5 Å². The number of hydrogen-bond acceptors (Lipinski definition) is 3. The molecule has 2 heterocycles. The van der Waals surface area contributed by atoms with Crippen LogP contribution in [0.2, 0.25) is 0 Å². The fourth-order valence-corrected chi connectivity index (χ4v) is 4.80. The first-order valence-corrected chi connectivity index (χ1v) is 7.53. The first-order chi connectivity index (χ1) is 8.09. The topological polar surface area (TPSA) is 66.1 Å². The molecule has 3 rings (SSSR count). The van der Waals surface area contributed by atoms with E-state index in [9.17, 15) is 8.42 Å². The summed E-state index contributed by atoms with van der Waals surface area (Å²) in [5.41, 5.74) is 0.627. The van der Waals surface area contributed by atoms with Crippen LogP contribution in [0.3, 0.4) is 0 Å². The summed E-state index contributed by atoms with van der Waals surface area (Å²) in [6, 6.07) is 0. The van der Waals surface area contributed by atoms with Gasteiger partial charge in [0.25, 0.3) is 0 Å². The Morgan fingerprint density at radius 1 is 1.35 bits per heavy atom. The van der Waals surface area contributed by atoms with Gasteiger partial charge in [-0.25, -0.2) is 8.42 Å². The van der Waals surface area contributed by atoms with Gasteiger partial charge in [-0.3, -0.25) is 5.10 Å². The SMILES string of the molecule is Cc1[nH]ncc1S(=O)(=O)N1CC2CCCC2C1. The minimum Gasteiger partial charge on any atom is -0.281 e. The highest BCUT2D eigenvalue weighted by Gasteiger charge is 2.41. The van der Waals surface area contributed by atoms with Crippen molar-refractivity contribution in [3.63, 3.8) is 0 Å². The number of nitrogens with zero attached hydrogens (tertiary/aromatic N) is 2. The van der Waals surface area contributed by atoms with Crippen molar-refractivity contribution in [1.29, 1.82) is 0 Å². The second kappa shape index (κ2) is 3.81. The van der Waals surface area contributed by atoms with E-state index in [2.05, 4.69) is 10.2 Å². The van der Waals surface area contributed by atoms with Gasteiger partial charge in [0.2, 0.25) is 10.0 Å². The van der Waals surface area contributed by atoms with Gasteiger partial charge in [-0.05, 0) is 31.6 Å². The van der Waals surface area contributed by atoms with Crippen molar-refractivity contribution < 1.29 is 8.42 Å². The maximum absolute atomic E-state index is 12.4. The molecule has 2 aliphatic rings. The van der Waals surface area contributed by atoms with Gasteiger partial charge < -0.3 is 0 Å². The number of sulfonamides is 1. The van der Waals surface area contributed by atoms with Crippen LogP contribution in [0.1, 0.15) is 25.0 Å². The number of aromatic nitrogens is 2. The number of aromatic amines is 1. The second-order valence-corrected chi connectivity index (χ2v) is 7.04. The highest BCUT2D eigenvalue weighted by Crippen LogP contribution is 2.39. The summed E-state index contributed by atoms with van der Waals surface area (Å²) in [5.74, 6) is 1.16. The minimum atomic E-state index is -3.33. The molecule has 2 fully saturated rings. The van der Waals surface area contributed by atoms with E-state index in [4.69, 9.17) is 0 Å². The lowest BCUT2D eigenvalue weighted by molar-refractivity contribution is 0.445. The van der Waals surface area contributed by atoms with Crippen molar-refractivity contribution in [3.8, 4) is 0 Å². The van der Waals surface area contributed by atoms with Gasteiger partial charge in [0, 0.05) is 13.1 Å². The molecule has 0 radical (unpaired) electrons. The molecule has 2 unspecified atom stereocenters. The Balaban J connectivity index is 1.88. The van der Waals surface area contributed by atoms with Crippen molar-refractivity contribution in [2.24, 2.45) is 11.8 Å². The van der Waals surface area contributed by atoms with Gasteiger partial charge in [0.15, 0.2) is 0 Å². The molecule has 1 aromatic heterocycles. The predicted octanol–water partition coefficient (Wildman–Crippen LogP) is 1.14. The quantitative estimate of drug-likeness (QED) is 0.861. The van der Waals surface area contributed by atoms with Crippen molar-refractivity contribution >= 4 is 10.0 Å². The van der Waals surface area contributed by atoms with Crippen LogP contribution in [-0.4, -0.2) is 36.0 Å². The number of nitrogens with one attached hydrogen (secondary N) is 1. The lowest BCUT2D eigenvalue weighted by atomic mass is 10.0.